The van der Waals surface area contributed by atoms with Crippen LogP contribution < -0.4 is 5.32 Å². The highest BCUT2D eigenvalue weighted by molar-refractivity contribution is 4.99. The Balaban J connectivity index is 3.78. The van der Waals surface area contributed by atoms with Crippen LogP contribution in [0, 0.1) is 5.92 Å². The second-order valence-corrected chi connectivity index (χ2v) is 5.90. The summed E-state index contributed by atoms with van der Waals surface area (Å²) in [6.45, 7) is 14.6. The van der Waals surface area contributed by atoms with Gasteiger partial charge in [-0.3, -0.25) is 0 Å². The molecule has 0 rings (SSSR count). The molecule has 0 aromatic heterocycles. The molecule has 0 unspecified atom stereocenters. The summed E-state index contributed by atoms with van der Waals surface area (Å²) in [6, 6.07) is 0. The average Bonchev–Trinajstić information content (AvgIpc) is 2.19. The molecule has 1 heteroatoms. The van der Waals surface area contributed by atoms with Gasteiger partial charge in [0.15, 0.2) is 0 Å². The first kappa shape index (κ1) is 15.7. The predicted molar refractivity (Wildman–Crippen MR) is 74.8 cm³/mol. The van der Waals surface area contributed by atoms with Gasteiger partial charge in [-0.1, -0.05) is 38.3 Å². The molecule has 0 radical (unpaired) electrons. The molecule has 0 atom stereocenters. The van der Waals surface area contributed by atoms with Gasteiger partial charge in [0.1, 0.15) is 0 Å². The standard InChI is InChI=1S/C15H31N/c1-7-14(8-2)12-13(3)10-9-11-16-15(4,5)6/h10,14,16H,7-9,11-12H2,1-6H3. The van der Waals surface area contributed by atoms with Crippen molar-refractivity contribution in [3.05, 3.63) is 11.6 Å². The number of nitrogens with one attached hydrogen (secondary N) is 1. The van der Waals surface area contributed by atoms with Gasteiger partial charge in [0.2, 0.25) is 0 Å². The summed E-state index contributed by atoms with van der Waals surface area (Å²) in [5.41, 5.74) is 1.81. The monoisotopic (exact) mass is 225 g/mol. The molecule has 0 aliphatic heterocycles. The van der Waals surface area contributed by atoms with Crippen LogP contribution in [0.2, 0.25) is 0 Å². The van der Waals surface area contributed by atoms with Crippen LogP contribution in [0.3, 0.4) is 0 Å². The third kappa shape index (κ3) is 8.96. The van der Waals surface area contributed by atoms with E-state index in [4.69, 9.17) is 0 Å². The Morgan fingerprint density at radius 3 is 2.19 bits per heavy atom. The zero-order chi connectivity index (χ0) is 12.6. The van der Waals surface area contributed by atoms with Crippen molar-refractivity contribution in [3.63, 3.8) is 0 Å². The predicted octanol–water partition coefficient (Wildman–Crippen LogP) is 4.54. The Morgan fingerprint density at radius 2 is 1.75 bits per heavy atom. The van der Waals surface area contributed by atoms with Gasteiger partial charge in [-0.25, -0.2) is 0 Å². The maximum absolute atomic E-state index is 3.51. The zero-order valence-electron chi connectivity index (χ0n) is 12.2. The van der Waals surface area contributed by atoms with Crippen LogP contribution >= 0.6 is 0 Å². The van der Waals surface area contributed by atoms with E-state index in [1.54, 1.807) is 5.57 Å². The summed E-state index contributed by atoms with van der Waals surface area (Å²) in [4.78, 5) is 0. The first-order valence-electron chi connectivity index (χ1n) is 6.79. The van der Waals surface area contributed by atoms with Crippen LogP contribution in [0.5, 0.6) is 0 Å². The summed E-state index contributed by atoms with van der Waals surface area (Å²) >= 11 is 0. The largest absolute Gasteiger partial charge is 0.312 e. The van der Waals surface area contributed by atoms with E-state index in [0.29, 0.717) is 0 Å². The van der Waals surface area contributed by atoms with Gasteiger partial charge in [0.25, 0.3) is 0 Å². The maximum Gasteiger partial charge on any atom is 0.00966 e. The Labute approximate surface area is 103 Å². The molecule has 16 heavy (non-hydrogen) atoms. The van der Waals surface area contributed by atoms with E-state index in [0.717, 1.165) is 18.9 Å². The van der Waals surface area contributed by atoms with E-state index in [2.05, 4.69) is 52.9 Å². The highest BCUT2D eigenvalue weighted by atomic mass is 14.9. The smallest absolute Gasteiger partial charge is 0.00966 e. The molecular formula is C15H31N. The molecule has 0 fully saturated rings. The molecule has 0 bridgehead atoms. The van der Waals surface area contributed by atoms with Gasteiger partial charge < -0.3 is 5.32 Å². The summed E-state index contributed by atoms with van der Waals surface area (Å²) in [5.74, 6) is 0.881. The van der Waals surface area contributed by atoms with Crippen LogP contribution in [0.1, 0.15) is 67.2 Å². The topological polar surface area (TPSA) is 12.0 Å². The second kappa shape index (κ2) is 7.89. The first-order valence-corrected chi connectivity index (χ1v) is 6.79. The van der Waals surface area contributed by atoms with Crippen LogP contribution in [0.15, 0.2) is 11.6 Å². The molecule has 1 nitrogen and oxygen atoms in total. The molecule has 0 aliphatic carbocycles. The summed E-state index contributed by atoms with van der Waals surface area (Å²) in [5, 5.41) is 3.51. The minimum absolute atomic E-state index is 0.247. The molecular weight excluding hydrogens is 194 g/mol. The van der Waals surface area contributed by atoms with Gasteiger partial charge in [-0.2, -0.15) is 0 Å². The van der Waals surface area contributed by atoms with Crippen LogP contribution in [-0.2, 0) is 0 Å². The normalized spacial score (nSPS) is 13.6. The molecule has 0 saturated carbocycles. The minimum Gasteiger partial charge on any atom is -0.312 e. The average molecular weight is 225 g/mol. The van der Waals surface area contributed by atoms with Gasteiger partial charge in [-0.15, -0.1) is 0 Å². The molecule has 1 N–H and O–H groups in total. The Bertz CT molecular complexity index is 194. The van der Waals surface area contributed by atoms with E-state index < -0.39 is 0 Å². The van der Waals surface area contributed by atoms with Crippen molar-refractivity contribution in [1.29, 1.82) is 0 Å². The zero-order valence-corrected chi connectivity index (χ0v) is 12.2. The van der Waals surface area contributed by atoms with Crippen LogP contribution in [0.25, 0.3) is 0 Å². The van der Waals surface area contributed by atoms with E-state index >= 15 is 0 Å². The third-order valence-electron chi connectivity index (χ3n) is 3.06. The first-order chi connectivity index (χ1) is 7.39. The minimum atomic E-state index is 0.247. The molecule has 0 aromatic carbocycles. The molecule has 0 spiro atoms. The molecule has 96 valence electrons. The summed E-state index contributed by atoms with van der Waals surface area (Å²) in [7, 11) is 0. The lowest BCUT2D eigenvalue weighted by Crippen LogP contribution is -2.36. The number of allylic oxidation sites excluding steroid dienone is 1. The maximum atomic E-state index is 3.51. The summed E-state index contributed by atoms with van der Waals surface area (Å²) < 4.78 is 0. The van der Waals surface area contributed by atoms with Crippen molar-refractivity contribution >= 4 is 0 Å². The Hall–Kier alpha value is -0.300. The van der Waals surface area contributed by atoms with Crippen molar-refractivity contribution in [2.24, 2.45) is 5.92 Å². The van der Waals surface area contributed by atoms with E-state index in [-0.39, 0.29) is 5.54 Å². The van der Waals surface area contributed by atoms with Crippen molar-refractivity contribution in [2.75, 3.05) is 6.54 Å². The highest BCUT2D eigenvalue weighted by Gasteiger charge is 2.07. The number of hydrogen-bond donors (Lipinski definition) is 1. The quantitative estimate of drug-likeness (QED) is 0.495. The van der Waals surface area contributed by atoms with Crippen LogP contribution in [0.4, 0.5) is 0 Å². The third-order valence-corrected chi connectivity index (χ3v) is 3.06. The van der Waals surface area contributed by atoms with Crippen molar-refractivity contribution < 1.29 is 0 Å². The Kier molecular flexibility index (Phi) is 7.74. The fourth-order valence-electron chi connectivity index (χ4n) is 1.88. The number of hydrogen-bond acceptors (Lipinski definition) is 1. The van der Waals surface area contributed by atoms with E-state index in [1.807, 2.05) is 0 Å². The Morgan fingerprint density at radius 1 is 1.19 bits per heavy atom. The van der Waals surface area contributed by atoms with Crippen molar-refractivity contribution in [3.8, 4) is 0 Å². The fourth-order valence-corrected chi connectivity index (χ4v) is 1.88. The van der Waals surface area contributed by atoms with Gasteiger partial charge in [-0.05, 0) is 53.0 Å². The number of rotatable bonds is 7. The molecule has 0 amide bonds. The lowest BCUT2D eigenvalue weighted by molar-refractivity contribution is 0.430. The SMILES string of the molecule is CCC(CC)CC(C)=CCCNC(C)(C)C. The fraction of sp³-hybridized carbons (Fsp3) is 0.867. The van der Waals surface area contributed by atoms with Crippen LogP contribution in [-0.4, -0.2) is 12.1 Å². The highest BCUT2D eigenvalue weighted by Crippen LogP contribution is 2.18. The second-order valence-electron chi connectivity index (χ2n) is 5.90. The summed E-state index contributed by atoms with van der Waals surface area (Å²) in [6.07, 6.45) is 7.45. The van der Waals surface area contributed by atoms with Gasteiger partial charge in [0, 0.05) is 5.54 Å². The van der Waals surface area contributed by atoms with Gasteiger partial charge >= 0.3 is 0 Å². The molecule has 0 saturated heterocycles. The van der Waals surface area contributed by atoms with E-state index in [1.165, 1.54) is 19.3 Å². The molecule has 0 aromatic rings. The van der Waals surface area contributed by atoms with Crippen molar-refractivity contribution in [2.45, 2.75) is 72.8 Å². The van der Waals surface area contributed by atoms with E-state index in [9.17, 15) is 0 Å². The van der Waals surface area contributed by atoms with Gasteiger partial charge in [0.05, 0.1) is 0 Å². The molecule has 0 aliphatic rings. The lowest BCUT2D eigenvalue weighted by Gasteiger charge is -2.20. The van der Waals surface area contributed by atoms with Crippen molar-refractivity contribution in [1.82, 2.24) is 5.32 Å². The lowest BCUT2D eigenvalue weighted by atomic mass is 9.95. The molecule has 0 heterocycles.